The molecule has 1 heteroatoms. The fraction of sp³-hybridized carbons (Fsp3) is 0.143. The van der Waals surface area contributed by atoms with Crippen molar-refractivity contribution >= 4 is 6.21 Å². The molecule has 0 bridgehead atoms. The highest BCUT2D eigenvalue weighted by Gasteiger charge is 1.77. The molecular weight excluding hydrogens is 98.1 g/mol. The lowest BCUT2D eigenvalue weighted by molar-refractivity contribution is 1.45. The highest BCUT2D eigenvalue weighted by molar-refractivity contribution is 5.72. The number of aliphatic imine (C=N–C) groups is 1. The normalized spacial score (nSPS) is 15.9. The first-order valence-corrected chi connectivity index (χ1v) is 2.50. The van der Waals surface area contributed by atoms with Crippen LogP contribution in [0.4, 0.5) is 0 Å². The topological polar surface area (TPSA) is 12.4 Å². The highest BCUT2D eigenvalue weighted by Crippen LogP contribution is 1.94. The highest BCUT2D eigenvalue weighted by atomic mass is 14.7. The Bertz CT molecular complexity index is 190. The lowest BCUT2D eigenvalue weighted by Gasteiger charge is -1.78. The van der Waals surface area contributed by atoms with E-state index in [1.807, 2.05) is 13.0 Å². The van der Waals surface area contributed by atoms with Crippen LogP contribution < -0.4 is 0 Å². The molecule has 0 aromatic rings. The zero-order chi connectivity index (χ0) is 5.82. The molecule has 8 heavy (non-hydrogen) atoms. The van der Waals surface area contributed by atoms with Crippen molar-refractivity contribution in [3.05, 3.63) is 29.7 Å². The summed E-state index contributed by atoms with van der Waals surface area (Å²) in [4.78, 5) is 3.92. The van der Waals surface area contributed by atoms with Crippen LogP contribution >= 0.6 is 0 Å². The minimum absolute atomic E-state index is 1.13. The molecule has 1 aliphatic rings. The second-order valence-corrected chi connectivity index (χ2v) is 1.65. The van der Waals surface area contributed by atoms with Crippen molar-refractivity contribution in [2.75, 3.05) is 0 Å². The molecule has 0 atom stereocenters. The molecule has 0 aromatic carbocycles. The summed E-state index contributed by atoms with van der Waals surface area (Å²) in [7, 11) is 0. The second kappa shape index (κ2) is 2.29. The third kappa shape index (κ3) is 1.21. The predicted octanol–water partition coefficient (Wildman–Crippen LogP) is 1.69. The first kappa shape index (κ1) is 5.07. The molecule has 0 saturated carbocycles. The maximum Gasteiger partial charge on any atom is 0.0345 e. The summed E-state index contributed by atoms with van der Waals surface area (Å²) in [6.07, 6.45) is 7.20. The molecule has 0 radical (unpaired) electrons. The molecule has 0 N–H and O–H groups in total. The van der Waals surface area contributed by atoms with Gasteiger partial charge in [0.2, 0.25) is 0 Å². The molecule has 0 amide bonds. The largest absolute Gasteiger partial charge is 0.264 e. The number of allylic oxidation sites excluding steroid dienone is 2. The summed E-state index contributed by atoms with van der Waals surface area (Å²) in [6, 6.07) is 0. The predicted molar refractivity (Wildman–Crippen MR) is 34.9 cm³/mol. The Morgan fingerprint density at radius 2 is 2.50 bits per heavy atom. The third-order valence-corrected chi connectivity index (χ3v) is 0.846. The van der Waals surface area contributed by atoms with E-state index in [4.69, 9.17) is 0 Å². The molecule has 1 heterocycles. The first-order valence-electron chi connectivity index (χ1n) is 2.50. The average molecular weight is 105 g/mol. The van der Waals surface area contributed by atoms with Crippen LogP contribution in [0, 0.1) is 0 Å². The number of hydrogen-bond acceptors (Lipinski definition) is 1. The van der Waals surface area contributed by atoms with E-state index in [1.165, 1.54) is 0 Å². The van der Waals surface area contributed by atoms with Gasteiger partial charge in [0.05, 0.1) is 0 Å². The van der Waals surface area contributed by atoms with Crippen LogP contribution in [0.3, 0.4) is 0 Å². The van der Waals surface area contributed by atoms with E-state index in [1.54, 1.807) is 18.5 Å². The number of rotatable bonds is 0. The molecule has 1 rings (SSSR count). The summed E-state index contributed by atoms with van der Waals surface area (Å²) in [6.45, 7) is 1.99. The first-order chi connectivity index (χ1) is 3.89. The Morgan fingerprint density at radius 3 is 3.38 bits per heavy atom. The maximum atomic E-state index is 3.92. The van der Waals surface area contributed by atoms with E-state index in [0.717, 1.165) is 5.57 Å². The van der Waals surface area contributed by atoms with Crippen LogP contribution in [0.2, 0.25) is 0 Å². The van der Waals surface area contributed by atoms with Gasteiger partial charge in [0, 0.05) is 12.4 Å². The van der Waals surface area contributed by atoms with Gasteiger partial charge in [-0.3, -0.25) is 4.99 Å². The summed E-state index contributed by atoms with van der Waals surface area (Å²) >= 11 is 0. The van der Waals surface area contributed by atoms with Gasteiger partial charge in [-0.05, 0) is 24.6 Å². The van der Waals surface area contributed by atoms with E-state index < -0.39 is 0 Å². The standard InChI is InChI=1S/C7H7N/c1-7-4-2-3-5-8-6-7/h3-6H,1H3. The van der Waals surface area contributed by atoms with Crippen LogP contribution in [0.5, 0.6) is 0 Å². The zero-order valence-corrected chi connectivity index (χ0v) is 4.76. The zero-order valence-electron chi connectivity index (χ0n) is 4.76. The Morgan fingerprint density at radius 1 is 1.62 bits per heavy atom. The third-order valence-electron chi connectivity index (χ3n) is 0.846. The van der Waals surface area contributed by atoms with Crippen molar-refractivity contribution < 1.29 is 0 Å². The summed E-state index contributed by atoms with van der Waals surface area (Å²) in [5, 5.41) is 0. The molecule has 0 unspecified atom stereocenters. The molecule has 0 saturated heterocycles. The SMILES string of the molecule is CC1=CN=CC=C=C1. The van der Waals surface area contributed by atoms with E-state index in [-0.39, 0.29) is 0 Å². The molecular formula is C7H7N. The quantitative estimate of drug-likeness (QED) is 0.416. The van der Waals surface area contributed by atoms with Crippen LogP contribution in [-0.2, 0) is 0 Å². The molecule has 40 valence electrons. The van der Waals surface area contributed by atoms with Gasteiger partial charge in [-0.2, -0.15) is 0 Å². The van der Waals surface area contributed by atoms with Crippen molar-refractivity contribution in [3.8, 4) is 0 Å². The maximum absolute atomic E-state index is 3.92. The van der Waals surface area contributed by atoms with Gasteiger partial charge >= 0.3 is 0 Å². The van der Waals surface area contributed by atoms with Crippen LogP contribution in [0.15, 0.2) is 34.6 Å². The number of hydrogen-bond donors (Lipinski definition) is 0. The Balaban J connectivity index is 2.94. The van der Waals surface area contributed by atoms with Crippen LogP contribution in [0.1, 0.15) is 6.92 Å². The van der Waals surface area contributed by atoms with Gasteiger partial charge in [0.1, 0.15) is 0 Å². The van der Waals surface area contributed by atoms with Gasteiger partial charge in [-0.15, -0.1) is 5.73 Å². The lowest BCUT2D eigenvalue weighted by Crippen LogP contribution is -1.60. The van der Waals surface area contributed by atoms with E-state index >= 15 is 0 Å². The minimum atomic E-state index is 1.13. The van der Waals surface area contributed by atoms with Crippen molar-refractivity contribution in [2.45, 2.75) is 6.92 Å². The fourth-order valence-electron chi connectivity index (χ4n) is 0.463. The Kier molecular flexibility index (Phi) is 1.45. The van der Waals surface area contributed by atoms with Crippen molar-refractivity contribution in [1.29, 1.82) is 0 Å². The van der Waals surface area contributed by atoms with Crippen molar-refractivity contribution in [2.24, 2.45) is 4.99 Å². The lowest BCUT2D eigenvalue weighted by atomic mass is 10.3. The minimum Gasteiger partial charge on any atom is -0.264 e. The molecule has 0 aliphatic carbocycles. The fourth-order valence-corrected chi connectivity index (χ4v) is 0.463. The molecule has 0 spiro atoms. The van der Waals surface area contributed by atoms with E-state index in [0.29, 0.717) is 0 Å². The monoisotopic (exact) mass is 105 g/mol. The summed E-state index contributed by atoms with van der Waals surface area (Å²) in [5.74, 6) is 0. The summed E-state index contributed by atoms with van der Waals surface area (Å²) in [5.41, 5.74) is 4.06. The van der Waals surface area contributed by atoms with Gasteiger partial charge < -0.3 is 0 Å². The smallest absolute Gasteiger partial charge is 0.0345 e. The van der Waals surface area contributed by atoms with E-state index in [9.17, 15) is 0 Å². The van der Waals surface area contributed by atoms with Gasteiger partial charge in [0.15, 0.2) is 0 Å². The van der Waals surface area contributed by atoms with Gasteiger partial charge in [-0.25, -0.2) is 0 Å². The summed E-state index contributed by atoms with van der Waals surface area (Å²) < 4.78 is 0. The molecule has 0 fully saturated rings. The molecule has 1 nitrogen and oxygen atoms in total. The van der Waals surface area contributed by atoms with Crippen molar-refractivity contribution in [3.63, 3.8) is 0 Å². The van der Waals surface area contributed by atoms with Crippen molar-refractivity contribution in [1.82, 2.24) is 0 Å². The van der Waals surface area contributed by atoms with Gasteiger partial charge in [0.25, 0.3) is 0 Å². The average Bonchev–Trinajstić information content (AvgIpc) is 1.94. The van der Waals surface area contributed by atoms with Gasteiger partial charge in [-0.1, -0.05) is 0 Å². The van der Waals surface area contributed by atoms with Crippen LogP contribution in [0.25, 0.3) is 0 Å². The molecule has 1 aliphatic heterocycles. The van der Waals surface area contributed by atoms with Crippen LogP contribution in [-0.4, -0.2) is 6.21 Å². The second-order valence-electron chi connectivity index (χ2n) is 1.65. The Labute approximate surface area is 48.7 Å². The van der Waals surface area contributed by atoms with E-state index in [2.05, 4.69) is 10.7 Å². The molecule has 0 aromatic heterocycles. The number of nitrogens with zero attached hydrogens (tertiary/aromatic N) is 1. The Hall–Kier alpha value is -1.07.